The fourth-order valence-corrected chi connectivity index (χ4v) is 1.93. The molecule has 0 atom stereocenters. The Morgan fingerprint density at radius 3 is 1.89 bits per heavy atom. The van der Waals surface area contributed by atoms with Gasteiger partial charge in [-0.1, -0.05) is 63.3 Å². The second-order valence-corrected chi connectivity index (χ2v) is 5.05. The molecule has 0 radical (unpaired) electrons. The number of carbonyl (C=O) groups is 1. The first kappa shape index (κ1) is 17.9. The maximum Gasteiger partial charge on any atom is 0.303 e. The molecular formula is C17H30O2. The van der Waals surface area contributed by atoms with Crippen LogP contribution in [-0.2, 0) is 4.79 Å². The fourth-order valence-electron chi connectivity index (χ4n) is 1.93. The van der Waals surface area contributed by atoms with E-state index in [2.05, 4.69) is 31.2 Å². The largest absolute Gasteiger partial charge is 0.481 e. The minimum atomic E-state index is -0.677. The second-order valence-electron chi connectivity index (χ2n) is 5.05. The first-order valence-electron chi connectivity index (χ1n) is 7.80. The number of unbranched alkanes of at least 4 members (excludes halogenated alkanes) is 8. The highest BCUT2D eigenvalue weighted by molar-refractivity contribution is 5.66. The fraction of sp³-hybridized carbons (Fsp3) is 0.706. The summed E-state index contributed by atoms with van der Waals surface area (Å²) >= 11 is 0. The van der Waals surface area contributed by atoms with Crippen LogP contribution in [0.5, 0.6) is 0 Å². The van der Waals surface area contributed by atoms with Crippen LogP contribution >= 0.6 is 0 Å². The van der Waals surface area contributed by atoms with Crippen molar-refractivity contribution in [2.75, 3.05) is 0 Å². The van der Waals surface area contributed by atoms with Crippen molar-refractivity contribution in [3.63, 3.8) is 0 Å². The minimum absolute atomic E-state index is 0.316. The van der Waals surface area contributed by atoms with Gasteiger partial charge < -0.3 is 5.11 Å². The Morgan fingerprint density at radius 2 is 1.37 bits per heavy atom. The van der Waals surface area contributed by atoms with Gasteiger partial charge in [-0.2, -0.15) is 0 Å². The summed E-state index contributed by atoms with van der Waals surface area (Å²) in [6.45, 7) is 2.24. The van der Waals surface area contributed by atoms with Gasteiger partial charge >= 0.3 is 5.97 Å². The van der Waals surface area contributed by atoms with Crippen molar-refractivity contribution in [3.05, 3.63) is 24.3 Å². The smallest absolute Gasteiger partial charge is 0.303 e. The molecular weight excluding hydrogens is 236 g/mol. The van der Waals surface area contributed by atoms with Gasteiger partial charge in [0.15, 0.2) is 0 Å². The lowest BCUT2D eigenvalue weighted by atomic mass is 10.1. The zero-order valence-electron chi connectivity index (χ0n) is 12.4. The average Bonchev–Trinajstić information content (AvgIpc) is 2.39. The summed E-state index contributed by atoms with van der Waals surface area (Å²) in [5.74, 6) is -0.677. The highest BCUT2D eigenvalue weighted by atomic mass is 16.4. The summed E-state index contributed by atoms with van der Waals surface area (Å²) in [6, 6.07) is 0. The molecule has 0 aromatic carbocycles. The van der Waals surface area contributed by atoms with E-state index in [4.69, 9.17) is 5.11 Å². The molecule has 0 aliphatic carbocycles. The molecule has 0 heterocycles. The number of carboxylic acid groups (broad SMARTS) is 1. The Kier molecular flexibility index (Phi) is 14.2. The van der Waals surface area contributed by atoms with Crippen LogP contribution in [0.2, 0.25) is 0 Å². The molecule has 0 amide bonds. The van der Waals surface area contributed by atoms with E-state index in [9.17, 15) is 4.79 Å². The number of hydrogen-bond donors (Lipinski definition) is 1. The molecule has 2 heteroatoms. The molecule has 0 bridgehead atoms. The van der Waals surface area contributed by atoms with Gasteiger partial charge in [0.1, 0.15) is 0 Å². The molecule has 0 fully saturated rings. The van der Waals surface area contributed by atoms with Crippen molar-refractivity contribution in [1.82, 2.24) is 0 Å². The van der Waals surface area contributed by atoms with E-state index >= 15 is 0 Å². The molecule has 0 aliphatic rings. The van der Waals surface area contributed by atoms with Crippen molar-refractivity contribution in [1.29, 1.82) is 0 Å². The summed E-state index contributed by atoms with van der Waals surface area (Å²) in [4.78, 5) is 10.3. The molecule has 0 aliphatic heterocycles. The van der Waals surface area contributed by atoms with Crippen molar-refractivity contribution >= 4 is 5.97 Å². The topological polar surface area (TPSA) is 37.3 Å². The van der Waals surface area contributed by atoms with Gasteiger partial charge in [-0.05, 0) is 32.1 Å². The maximum atomic E-state index is 10.3. The van der Waals surface area contributed by atoms with Crippen LogP contribution in [0, 0.1) is 0 Å². The first-order valence-corrected chi connectivity index (χ1v) is 7.80. The minimum Gasteiger partial charge on any atom is -0.481 e. The van der Waals surface area contributed by atoms with Crippen LogP contribution in [0.1, 0.15) is 77.6 Å². The monoisotopic (exact) mass is 266 g/mol. The summed E-state index contributed by atoms with van der Waals surface area (Å²) in [5, 5.41) is 8.49. The Morgan fingerprint density at radius 1 is 0.842 bits per heavy atom. The maximum absolute atomic E-state index is 10.3. The van der Waals surface area contributed by atoms with E-state index in [1.165, 1.54) is 38.5 Å². The predicted octanol–water partition coefficient (Wildman–Crippen LogP) is 5.49. The third-order valence-electron chi connectivity index (χ3n) is 3.12. The Hall–Kier alpha value is -1.05. The molecule has 0 unspecified atom stereocenters. The normalized spacial score (nSPS) is 11.6. The van der Waals surface area contributed by atoms with Gasteiger partial charge in [0.05, 0.1) is 0 Å². The molecule has 19 heavy (non-hydrogen) atoms. The van der Waals surface area contributed by atoms with Crippen LogP contribution in [0.4, 0.5) is 0 Å². The van der Waals surface area contributed by atoms with Crippen LogP contribution in [0.25, 0.3) is 0 Å². The second kappa shape index (κ2) is 15.0. The summed E-state index contributed by atoms with van der Waals surface area (Å²) < 4.78 is 0. The van der Waals surface area contributed by atoms with Gasteiger partial charge in [0, 0.05) is 6.42 Å². The molecule has 0 aromatic heterocycles. The third-order valence-corrected chi connectivity index (χ3v) is 3.12. The molecule has 0 spiro atoms. The standard InChI is InChI=1S/C17H30O2/c1-2-3-4-5-6-7-8-9-10-11-12-13-14-15-16-17(18)19/h7-10H,2-6,11-16H2,1H3,(H,18,19). The molecule has 0 saturated heterocycles. The lowest BCUT2D eigenvalue weighted by molar-refractivity contribution is -0.137. The van der Waals surface area contributed by atoms with Crippen LogP contribution < -0.4 is 0 Å². The van der Waals surface area contributed by atoms with Gasteiger partial charge in [0.2, 0.25) is 0 Å². The molecule has 110 valence electrons. The van der Waals surface area contributed by atoms with Crippen molar-refractivity contribution in [2.24, 2.45) is 0 Å². The van der Waals surface area contributed by atoms with Gasteiger partial charge in [-0.15, -0.1) is 0 Å². The van der Waals surface area contributed by atoms with Gasteiger partial charge in [0.25, 0.3) is 0 Å². The van der Waals surface area contributed by atoms with E-state index in [0.717, 1.165) is 25.7 Å². The Balaban J connectivity index is 3.20. The van der Waals surface area contributed by atoms with Crippen LogP contribution in [0.3, 0.4) is 0 Å². The lowest BCUT2D eigenvalue weighted by Gasteiger charge is -1.96. The predicted molar refractivity (Wildman–Crippen MR) is 82.4 cm³/mol. The summed E-state index contributed by atoms with van der Waals surface area (Å²) in [6.07, 6.45) is 20.8. The Bertz CT molecular complexity index is 254. The summed E-state index contributed by atoms with van der Waals surface area (Å²) in [7, 11) is 0. The van der Waals surface area contributed by atoms with E-state index in [0.29, 0.717) is 6.42 Å². The third kappa shape index (κ3) is 16.9. The van der Waals surface area contributed by atoms with Gasteiger partial charge in [-0.25, -0.2) is 0 Å². The van der Waals surface area contributed by atoms with E-state index in [1.807, 2.05) is 0 Å². The Labute approximate surface area is 118 Å². The number of carboxylic acids is 1. The number of hydrogen-bond acceptors (Lipinski definition) is 1. The SMILES string of the molecule is CCCCCCC=CC=CCCCCCCC(=O)O. The number of aliphatic carboxylic acids is 1. The number of allylic oxidation sites excluding steroid dienone is 4. The first-order chi connectivity index (χ1) is 9.27. The van der Waals surface area contributed by atoms with Crippen LogP contribution in [0.15, 0.2) is 24.3 Å². The average molecular weight is 266 g/mol. The zero-order valence-corrected chi connectivity index (χ0v) is 12.4. The lowest BCUT2D eigenvalue weighted by Crippen LogP contribution is -1.93. The highest BCUT2D eigenvalue weighted by Crippen LogP contribution is 2.06. The quantitative estimate of drug-likeness (QED) is 0.353. The van der Waals surface area contributed by atoms with Crippen molar-refractivity contribution < 1.29 is 9.90 Å². The highest BCUT2D eigenvalue weighted by Gasteiger charge is 1.95. The van der Waals surface area contributed by atoms with Crippen LogP contribution in [-0.4, -0.2) is 11.1 Å². The van der Waals surface area contributed by atoms with Crippen molar-refractivity contribution in [3.8, 4) is 0 Å². The zero-order chi connectivity index (χ0) is 14.2. The van der Waals surface area contributed by atoms with E-state index in [1.54, 1.807) is 0 Å². The molecule has 0 rings (SSSR count). The van der Waals surface area contributed by atoms with Crippen molar-refractivity contribution in [2.45, 2.75) is 77.6 Å². The number of rotatable bonds is 13. The van der Waals surface area contributed by atoms with E-state index < -0.39 is 5.97 Å². The molecule has 0 aromatic rings. The molecule has 2 nitrogen and oxygen atoms in total. The molecule has 1 N–H and O–H groups in total. The van der Waals surface area contributed by atoms with Gasteiger partial charge in [-0.3, -0.25) is 4.79 Å². The summed E-state index contributed by atoms with van der Waals surface area (Å²) in [5.41, 5.74) is 0. The molecule has 0 saturated carbocycles. The van der Waals surface area contributed by atoms with E-state index in [-0.39, 0.29) is 0 Å².